The topological polar surface area (TPSA) is 46.1 Å². The third kappa shape index (κ3) is 3.22. The lowest BCUT2D eigenvalue weighted by Gasteiger charge is -2.33. The van der Waals surface area contributed by atoms with Crippen LogP contribution >= 0.6 is 23.5 Å². The van der Waals surface area contributed by atoms with E-state index in [4.69, 9.17) is 0 Å². The number of hydrogen-bond acceptors (Lipinski definition) is 5. The SMILES string of the molecule is CCC(Sc1ncccn1)C(=O)N1c2ccccc2Sc2ccccc21. The van der Waals surface area contributed by atoms with Crippen LogP contribution in [0.5, 0.6) is 0 Å². The van der Waals surface area contributed by atoms with Gasteiger partial charge in [-0.15, -0.1) is 0 Å². The molecular formula is C20H17N3OS2. The fraction of sp³-hybridized carbons (Fsp3) is 0.150. The molecule has 4 nitrogen and oxygen atoms in total. The van der Waals surface area contributed by atoms with Gasteiger partial charge in [0.2, 0.25) is 5.91 Å². The molecular weight excluding hydrogens is 362 g/mol. The standard InChI is InChI=1S/C20H17N3OS2/c1-2-16(26-20-21-12-7-13-22-20)19(24)23-14-8-3-5-10-17(14)25-18-11-6-4-9-15(18)23/h3-13,16H,2H2,1H3. The van der Waals surface area contributed by atoms with Gasteiger partial charge in [0, 0.05) is 22.2 Å². The molecule has 0 spiro atoms. The van der Waals surface area contributed by atoms with E-state index in [1.54, 1.807) is 30.2 Å². The normalized spacial score (nSPS) is 13.7. The van der Waals surface area contributed by atoms with Gasteiger partial charge in [0.15, 0.2) is 5.16 Å². The Labute approximate surface area is 161 Å². The van der Waals surface area contributed by atoms with Crippen LogP contribution in [0.1, 0.15) is 13.3 Å². The van der Waals surface area contributed by atoms with Crippen molar-refractivity contribution in [2.75, 3.05) is 4.90 Å². The third-order valence-electron chi connectivity index (χ3n) is 4.09. The first-order valence-electron chi connectivity index (χ1n) is 8.41. The minimum atomic E-state index is -0.249. The molecule has 26 heavy (non-hydrogen) atoms. The summed E-state index contributed by atoms with van der Waals surface area (Å²) < 4.78 is 0. The molecule has 4 rings (SSSR count). The number of hydrogen-bond donors (Lipinski definition) is 0. The van der Waals surface area contributed by atoms with Gasteiger partial charge in [0.1, 0.15) is 0 Å². The maximum atomic E-state index is 13.5. The Morgan fingerprint density at radius 2 is 1.58 bits per heavy atom. The van der Waals surface area contributed by atoms with Crippen LogP contribution in [-0.2, 0) is 4.79 Å². The first-order chi connectivity index (χ1) is 12.8. The molecule has 0 saturated heterocycles. The van der Waals surface area contributed by atoms with Crippen molar-refractivity contribution in [3.05, 3.63) is 67.0 Å². The average molecular weight is 380 g/mol. The predicted molar refractivity (Wildman–Crippen MR) is 106 cm³/mol. The van der Waals surface area contributed by atoms with Gasteiger partial charge in [-0.2, -0.15) is 0 Å². The highest BCUT2D eigenvalue weighted by molar-refractivity contribution is 8.00. The second-order valence-corrected chi connectivity index (χ2v) is 8.01. The maximum Gasteiger partial charge on any atom is 0.245 e. The van der Waals surface area contributed by atoms with Crippen LogP contribution in [0.2, 0.25) is 0 Å². The summed E-state index contributed by atoms with van der Waals surface area (Å²) in [5.41, 5.74) is 1.88. The molecule has 0 radical (unpaired) electrons. The lowest BCUT2D eigenvalue weighted by molar-refractivity contribution is -0.117. The Kier molecular flexibility index (Phi) is 4.95. The van der Waals surface area contributed by atoms with Crippen molar-refractivity contribution in [2.45, 2.75) is 33.5 Å². The Morgan fingerprint density at radius 1 is 1.00 bits per heavy atom. The number of anilines is 2. The maximum absolute atomic E-state index is 13.5. The number of amides is 1. The molecule has 1 amide bonds. The summed E-state index contributed by atoms with van der Waals surface area (Å²) in [6.45, 7) is 2.02. The fourth-order valence-corrected chi connectivity index (χ4v) is 4.80. The molecule has 0 saturated carbocycles. The van der Waals surface area contributed by atoms with E-state index in [9.17, 15) is 4.79 Å². The van der Waals surface area contributed by atoms with Gasteiger partial charge in [-0.05, 0) is 36.8 Å². The van der Waals surface area contributed by atoms with E-state index in [-0.39, 0.29) is 11.2 Å². The molecule has 0 aliphatic carbocycles. The molecule has 2 aromatic carbocycles. The predicted octanol–water partition coefficient (Wildman–Crippen LogP) is 5.18. The molecule has 1 aliphatic heterocycles. The highest BCUT2D eigenvalue weighted by atomic mass is 32.2. The number of aromatic nitrogens is 2. The molecule has 0 fully saturated rings. The van der Waals surface area contributed by atoms with Crippen molar-refractivity contribution in [2.24, 2.45) is 0 Å². The van der Waals surface area contributed by atoms with Crippen LogP contribution in [0, 0.1) is 0 Å². The van der Waals surface area contributed by atoms with E-state index in [0.29, 0.717) is 11.6 Å². The van der Waals surface area contributed by atoms with E-state index in [2.05, 4.69) is 22.1 Å². The molecule has 1 aromatic heterocycles. The highest BCUT2D eigenvalue weighted by Crippen LogP contribution is 2.48. The van der Waals surface area contributed by atoms with Crippen molar-refractivity contribution in [1.82, 2.24) is 9.97 Å². The van der Waals surface area contributed by atoms with Crippen LogP contribution in [0.4, 0.5) is 11.4 Å². The van der Waals surface area contributed by atoms with E-state index >= 15 is 0 Å². The summed E-state index contributed by atoms with van der Waals surface area (Å²) in [6.07, 6.45) is 4.11. The van der Waals surface area contributed by atoms with Crippen LogP contribution < -0.4 is 4.90 Å². The first kappa shape index (κ1) is 17.1. The minimum Gasteiger partial charge on any atom is -0.278 e. The van der Waals surface area contributed by atoms with Crippen molar-refractivity contribution >= 4 is 40.8 Å². The summed E-state index contributed by atoms with van der Waals surface area (Å²) in [5, 5.41) is 0.377. The molecule has 1 aliphatic rings. The lowest BCUT2D eigenvalue weighted by Crippen LogP contribution is -2.35. The summed E-state index contributed by atoms with van der Waals surface area (Å²) in [7, 11) is 0. The number of benzene rings is 2. The molecule has 0 N–H and O–H groups in total. The fourth-order valence-electron chi connectivity index (χ4n) is 2.87. The second kappa shape index (κ2) is 7.51. The van der Waals surface area contributed by atoms with Crippen molar-refractivity contribution in [3.8, 4) is 0 Å². The highest BCUT2D eigenvalue weighted by Gasteiger charge is 2.32. The van der Waals surface area contributed by atoms with Crippen molar-refractivity contribution < 1.29 is 4.79 Å². The van der Waals surface area contributed by atoms with E-state index < -0.39 is 0 Å². The van der Waals surface area contributed by atoms with Crippen LogP contribution in [0.25, 0.3) is 0 Å². The molecule has 0 bridgehead atoms. The van der Waals surface area contributed by atoms with Gasteiger partial charge >= 0.3 is 0 Å². The van der Waals surface area contributed by atoms with E-state index in [1.807, 2.05) is 48.2 Å². The summed E-state index contributed by atoms with van der Waals surface area (Å²) in [5.74, 6) is 0.0603. The Morgan fingerprint density at radius 3 is 2.15 bits per heavy atom. The zero-order valence-corrected chi connectivity index (χ0v) is 15.8. The molecule has 2 heterocycles. The second-order valence-electron chi connectivity index (χ2n) is 5.76. The number of carbonyl (C=O) groups excluding carboxylic acids is 1. The molecule has 3 aromatic rings. The largest absolute Gasteiger partial charge is 0.278 e. The van der Waals surface area contributed by atoms with Crippen LogP contribution in [0.15, 0.2) is 81.9 Å². The number of nitrogens with zero attached hydrogens (tertiary/aromatic N) is 3. The molecule has 6 heteroatoms. The Balaban J connectivity index is 1.73. The van der Waals surface area contributed by atoms with Gasteiger partial charge in [0.05, 0.1) is 16.6 Å². The number of thioether (sulfide) groups is 1. The first-order valence-corrected chi connectivity index (χ1v) is 10.1. The summed E-state index contributed by atoms with van der Waals surface area (Å²) in [6, 6.07) is 17.9. The van der Waals surface area contributed by atoms with Crippen molar-refractivity contribution in [3.63, 3.8) is 0 Å². The number of carbonyl (C=O) groups is 1. The van der Waals surface area contributed by atoms with Gasteiger partial charge < -0.3 is 0 Å². The number of rotatable bonds is 4. The molecule has 130 valence electrons. The smallest absolute Gasteiger partial charge is 0.245 e. The minimum absolute atomic E-state index is 0.0603. The lowest BCUT2D eigenvalue weighted by atomic mass is 10.2. The van der Waals surface area contributed by atoms with E-state index in [1.165, 1.54) is 11.8 Å². The monoisotopic (exact) mass is 379 g/mol. The Hall–Kier alpha value is -2.31. The van der Waals surface area contributed by atoms with Gasteiger partial charge in [-0.25, -0.2) is 9.97 Å². The van der Waals surface area contributed by atoms with Gasteiger partial charge in [-0.3, -0.25) is 9.69 Å². The Bertz CT molecular complexity index is 888. The van der Waals surface area contributed by atoms with E-state index in [0.717, 1.165) is 21.2 Å². The number of para-hydroxylation sites is 2. The molecule has 1 atom stereocenters. The van der Waals surface area contributed by atoms with Crippen LogP contribution in [0.3, 0.4) is 0 Å². The third-order valence-corrected chi connectivity index (χ3v) is 6.46. The zero-order valence-electron chi connectivity index (χ0n) is 14.2. The quantitative estimate of drug-likeness (QED) is 0.462. The summed E-state index contributed by atoms with van der Waals surface area (Å²) in [4.78, 5) is 26.1. The molecule has 1 unspecified atom stereocenters. The van der Waals surface area contributed by atoms with Crippen LogP contribution in [-0.4, -0.2) is 21.1 Å². The van der Waals surface area contributed by atoms with Gasteiger partial charge in [0.25, 0.3) is 0 Å². The number of fused-ring (bicyclic) bond motifs is 2. The van der Waals surface area contributed by atoms with Gasteiger partial charge in [-0.1, -0.05) is 54.7 Å². The summed E-state index contributed by atoms with van der Waals surface area (Å²) >= 11 is 3.12. The van der Waals surface area contributed by atoms with Crippen molar-refractivity contribution in [1.29, 1.82) is 0 Å². The zero-order chi connectivity index (χ0) is 17.9. The average Bonchev–Trinajstić information content (AvgIpc) is 2.70.